The number of carbonyl (C=O) groups excluding carboxylic acids is 2. The third-order valence-corrected chi connectivity index (χ3v) is 4.42. The van der Waals surface area contributed by atoms with Crippen LogP contribution in [0.1, 0.15) is 29.8 Å². The van der Waals surface area contributed by atoms with Crippen molar-refractivity contribution in [3.05, 3.63) is 59.7 Å². The highest BCUT2D eigenvalue weighted by atomic mass is 16.5. The molecule has 1 N–H and O–H groups in total. The molecule has 0 unspecified atom stereocenters. The summed E-state index contributed by atoms with van der Waals surface area (Å²) in [6.45, 7) is 4.47. The molecule has 2 aromatic carbocycles. The Morgan fingerprint density at radius 2 is 1.79 bits per heavy atom. The normalized spacial score (nSPS) is 14.6. The fraction of sp³-hybridized carbons (Fsp3) is 0.273. The van der Waals surface area contributed by atoms with E-state index in [4.69, 9.17) is 9.47 Å². The summed E-state index contributed by atoms with van der Waals surface area (Å²) in [5.41, 5.74) is 1.85. The lowest BCUT2D eigenvalue weighted by Crippen LogP contribution is -2.19. The molecule has 0 aliphatic carbocycles. The predicted octanol–water partition coefficient (Wildman–Crippen LogP) is 3.92. The monoisotopic (exact) mass is 381 g/mol. The number of nitrogens with one attached hydrogen (secondary N) is 1. The highest BCUT2D eigenvalue weighted by molar-refractivity contribution is 6.26. The molecule has 0 saturated heterocycles. The molecule has 1 aliphatic heterocycles. The average molecular weight is 381 g/mol. The maximum Gasteiger partial charge on any atom is 0.337 e. The van der Waals surface area contributed by atoms with Crippen molar-refractivity contribution in [2.75, 3.05) is 26.1 Å². The van der Waals surface area contributed by atoms with Gasteiger partial charge in [-0.25, -0.2) is 4.79 Å². The van der Waals surface area contributed by atoms with Crippen molar-refractivity contribution in [3.8, 4) is 11.5 Å². The van der Waals surface area contributed by atoms with Crippen LogP contribution in [0, 0.1) is 5.41 Å². The van der Waals surface area contributed by atoms with Gasteiger partial charge in [-0.2, -0.15) is 0 Å². The lowest BCUT2D eigenvalue weighted by atomic mass is 9.90. The van der Waals surface area contributed by atoms with Crippen LogP contribution in [0.3, 0.4) is 0 Å². The first-order chi connectivity index (χ1) is 13.3. The number of methoxy groups -OCH3 is 2. The fourth-order valence-corrected chi connectivity index (χ4v) is 2.94. The van der Waals surface area contributed by atoms with Crippen LogP contribution in [0.4, 0.5) is 5.69 Å². The summed E-state index contributed by atoms with van der Waals surface area (Å²) >= 11 is 0. The van der Waals surface area contributed by atoms with E-state index in [1.54, 1.807) is 43.5 Å². The van der Waals surface area contributed by atoms with Gasteiger partial charge in [0.2, 0.25) is 0 Å². The summed E-state index contributed by atoms with van der Waals surface area (Å²) in [5.74, 6) is 0.583. The molecule has 6 nitrogen and oxygen atoms in total. The zero-order chi connectivity index (χ0) is 20.3. The van der Waals surface area contributed by atoms with Gasteiger partial charge in [0.15, 0.2) is 0 Å². The summed E-state index contributed by atoms with van der Waals surface area (Å²) in [5, 5.41) is 2.88. The minimum atomic E-state index is -0.427. The predicted molar refractivity (Wildman–Crippen MR) is 107 cm³/mol. The van der Waals surface area contributed by atoms with E-state index in [0.717, 1.165) is 0 Å². The summed E-state index contributed by atoms with van der Waals surface area (Å²) in [7, 11) is 2.90. The smallest absolute Gasteiger partial charge is 0.337 e. The number of ether oxygens (including phenoxy) is 3. The highest BCUT2D eigenvalue weighted by Gasteiger charge is 2.27. The van der Waals surface area contributed by atoms with Crippen LogP contribution >= 0.6 is 0 Å². The molecule has 0 radical (unpaired) electrons. The Morgan fingerprint density at radius 3 is 2.43 bits per heavy atom. The summed E-state index contributed by atoms with van der Waals surface area (Å²) in [4.78, 5) is 24.6. The number of amides is 1. The molecule has 0 aromatic heterocycles. The Labute approximate surface area is 164 Å². The lowest BCUT2D eigenvalue weighted by molar-refractivity contribution is -0.111. The Hall–Kier alpha value is -3.28. The van der Waals surface area contributed by atoms with E-state index in [-0.39, 0.29) is 11.3 Å². The Bertz CT molecular complexity index is 928. The SMILES string of the molecule is COC(=O)c1ccc(NC(=O)C2=CC(C)(C)COc3ccc(OC)cc32)cc1. The molecule has 0 bridgehead atoms. The van der Waals surface area contributed by atoms with E-state index in [2.05, 4.69) is 10.1 Å². The number of hydrogen-bond acceptors (Lipinski definition) is 5. The number of esters is 1. The van der Waals surface area contributed by atoms with Gasteiger partial charge in [0, 0.05) is 22.2 Å². The third kappa shape index (κ3) is 4.17. The topological polar surface area (TPSA) is 73.9 Å². The first-order valence-electron chi connectivity index (χ1n) is 8.87. The van der Waals surface area contributed by atoms with Crippen molar-refractivity contribution in [1.29, 1.82) is 0 Å². The summed E-state index contributed by atoms with van der Waals surface area (Å²) in [6, 6.07) is 11.9. The molecule has 3 rings (SSSR count). The van der Waals surface area contributed by atoms with Crippen LogP contribution in [-0.2, 0) is 9.53 Å². The van der Waals surface area contributed by atoms with E-state index in [1.165, 1.54) is 7.11 Å². The minimum Gasteiger partial charge on any atom is -0.497 e. The van der Waals surface area contributed by atoms with E-state index >= 15 is 0 Å². The highest BCUT2D eigenvalue weighted by Crippen LogP contribution is 2.37. The molecule has 0 fully saturated rings. The first-order valence-corrected chi connectivity index (χ1v) is 8.87. The maximum atomic E-state index is 13.1. The van der Waals surface area contributed by atoms with Crippen LogP contribution in [0.2, 0.25) is 0 Å². The van der Waals surface area contributed by atoms with Gasteiger partial charge >= 0.3 is 5.97 Å². The van der Waals surface area contributed by atoms with E-state index in [1.807, 2.05) is 26.0 Å². The van der Waals surface area contributed by atoms with Crippen molar-refractivity contribution < 1.29 is 23.8 Å². The van der Waals surface area contributed by atoms with Gasteiger partial charge < -0.3 is 19.5 Å². The lowest BCUT2D eigenvalue weighted by Gasteiger charge is -2.18. The molecule has 0 saturated carbocycles. The second-order valence-corrected chi connectivity index (χ2v) is 7.22. The Morgan fingerprint density at radius 1 is 1.07 bits per heavy atom. The Kier molecular flexibility index (Phi) is 5.40. The van der Waals surface area contributed by atoms with Crippen LogP contribution in [0.5, 0.6) is 11.5 Å². The van der Waals surface area contributed by atoms with Gasteiger partial charge in [-0.3, -0.25) is 4.79 Å². The van der Waals surface area contributed by atoms with Crippen LogP contribution in [-0.4, -0.2) is 32.7 Å². The quantitative estimate of drug-likeness (QED) is 0.813. The Balaban J connectivity index is 1.93. The zero-order valence-electron chi connectivity index (χ0n) is 16.4. The minimum absolute atomic E-state index is 0.265. The maximum absolute atomic E-state index is 13.1. The van der Waals surface area contributed by atoms with Crippen LogP contribution < -0.4 is 14.8 Å². The molecular weight excluding hydrogens is 358 g/mol. The zero-order valence-corrected chi connectivity index (χ0v) is 16.4. The average Bonchev–Trinajstić information content (AvgIpc) is 2.83. The van der Waals surface area contributed by atoms with Crippen molar-refractivity contribution in [3.63, 3.8) is 0 Å². The van der Waals surface area contributed by atoms with Crippen LogP contribution in [0.25, 0.3) is 5.57 Å². The standard InChI is InChI=1S/C22H23NO5/c1-22(2)12-18(17-11-16(26-3)9-10-19(17)28-13-22)20(24)23-15-7-5-14(6-8-15)21(25)27-4/h5-12H,13H2,1-4H3,(H,23,24). The van der Waals surface area contributed by atoms with Gasteiger partial charge in [-0.15, -0.1) is 0 Å². The molecule has 6 heteroatoms. The third-order valence-electron chi connectivity index (χ3n) is 4.42. The molecule has 1 amide bonds. The molecule has 28 heavy (non-hydrogen) atoms. The van der Waals surface area contributed by atoms with Gasteiger partial charge in [0.05, 0.1) is 26.4 Å². The molecule has 0 atom stereocenters. The summed E-state index contributed by atoms with van der Waals surface area (Å²) < 4.78 is 15.9. The number of rotatable bonds is 4. The molecule has 2 aromatic rings. The second-order valence-electron chi connectivity index (χ2n) is 7.22. The second kappa shape index (κ2) is 7.76. The van der Waals surface area contributed by atoms with Gasteiger partial charge in [-0.1, -0.05) is 19.9 Å². The van der Waals surface area contributed by atoms with E-state index in [9.17, 15) is 9.59 Å². The molecule has 1 aliphatic rings. The van der Waals surface area contributed by atoms with Crippen LogP contribution in [0.15, 0.2) is 48.5 Å². The largest absolute Gasteiger partial charge is 0.497 e. The number of benzene rings is 2. The van der Waals surface area contributed by atoms with Gasteiger partial charge in [0.25, 0.3) is 5.91 Å². The van der Waals surface area contributed by atoms with Crippen molar-refractivity contribution in [2.45, 2.75) is 13.8 Å². The summed E-state index contributed by atoms with van der Waals surface area (Å²) in [6.07, 6.45) is 1.91. The van der Waals surface area contributed by atoms with Crippen molar-refractivity contribution in [2.24, 2.45) is 5.41 Å². The fourth-order valence-electron chi connectivity index (χ4n) is 2.94. The van der Waals surface area contributed by atoms with E-state index < -0.39 is 5.97 Å². The molecular formula is C22H23NO5. The van der Waals surface area contributed by atoms with Crippen molar-refractivity contribution in [1.82, 2.24) is 0 Å². The van der Waals surface area contributed by atoms with Gasteiger partial charge in [0.1, 0.15) is 11.5 Å². The first kappa shape index (κ1) is 19.5. The molecule has 0 spiro atoms. The molecule has 1 heterocycles. The number of hydrogen-bond donors (Lipinski definition) is 1. The number of anilines is 1. The molecule has 146 valence electrons. The number of fused-ring (bicyclic) bond motifs is 1. The van der Waals surface area contributed by atoms with Gasteiger partial charge in [-0.05, 0) is 42.5 Å². The van der Waals surface area contributed by atoms with Crippen molar-refractivity contribution >= 4 is 23.1 Å². The van der Waals surface area contributed by atoms with E-state index in [0.29, 0.717) is 40.5 Å². The number of carbonyl (C=O) groups is 2.